The third-order valence-electron chi connectivity index (χ3n) is 17.2. The number of fused-ring (bicyclic) bond motifs is 14. The Bertz CT molecular complexity index is 5030. The van der Waals surface area contributed by atoms with E-state index in [0.717, 1.165) is 105 Å². The Morgan fingerprint density at radius 3 is 1.85 bits per heavy atom. The predicted octanol–water partition coefficient (Wildman–Crippen LogP) is 20.0. The zero-order valence-electron chi connectivity index (χ0n) is 46.9. The quantitative estimate of drug-likeness (QED) is 0.121. The highest BCUT2D eigenvalue weighted by atomic mass is 16.5. The molecule has 1 atom stereocenters. The number of hydrogen-bond acceptors (Lipinski definition) is 4. The first kappa shape index (κ1) is 49.4. The monoisotopic (exact) mass is 1080 g/mol. The van der Waals surface area contributed by atoms with Crippen molar-refractivity contribution >= 4 is 82.3 Å². The minimum atomic E-state index is 0.160. The second kappa shape index (κ2) is 20.3. The first-order chi connectivity index (χ1) is 41.6. The summed E-state index contributed by atoms with van der Waals surface area (Å²) in [6.45, 7) is 4.43. The zero-order chi connectivity index (χ0) is 55.8. The van der Waals surface area contributed by atoms with E-state index in [2.05, 4.69) is 252 Å². The van der Waals surface area contributed by atoms with E-state index < -0.39 is 0 Å². The van der Waals surface area contributed by atoms with Crippen LogP contribution in [0.3, 0.4) is 0 Å². The van der Waals surface area contributed by atoms with Crippen molar-refractivity contribution < 1.29 is 4.74 Å². The van der Waals surface area contributed by atoms with Crippen LogP contribution in [0.5, 0.6) is 5.75 Å². The molecule has 402 valence electrons. The molecule has 0 radical (unpaired) electrons. The topological polar surface area (TPSA) is 62.7 Å². The lowest BCUT2D eigenvalue weighted by Crippen LogP contribution is -2.08. The number of benzene rings is 9. The van der Waals surface area contributed by atoms with E-state index in [0.29, 0.717) is 17.5 Å². The molecule has 3 aliphatic rings. The molecule has 9 aromatic carbocycles. The molecule has 84 heavy (non-hydrogen) atoms. The Morgan fingerprint density at radius 2 is 1.15 bits per heavy atom. The smallest absolute Gasteiger partial charge is 0.164 e. The van der Waals surface area contributed by atoms with E-state index in [1.165, 1.54) is 65.6 Å². The van der Waals surface area contributed by atoms with Gasteiger partial charge in [0, 0.05) is 83.0 Å². The van der Waals surface area contributed by atoms with Gasteiger partial charge in [0.05, 0.1) is 38.8 Å². The maximum absolute atomic E-state index is 6.51. The summed E-state index contributed by atoms with van der Waals surface area (Å²) in [6, 6.07) is 72.6. The van der Waals surface area contributed by atoms with Crippen molar-refractivity contribution in [2.24, 2.45) is 0 Å². The molecule has 0 saturated heterocycles. The summed E-state index contributed by atoms with van der Waals surface area (Å²) in [5, 5.41) is 7.28. The van der Waals surface area contributed by atoms with Crippen LogP contribution >= 0.6 is 0 Å². The summed E-state index contributed by atoms with van der Waals surface area (Å²) < 4.78 is 14.1. The number of rotatable bonds is 11. The molecule has 0 spiro atoms. The van der Waals surface area contributed by atoms with Crippen LogP contribution in [-0.4, -0.2) is 28.7 Å². The van der Waals surface area contributed by atoms with E-state index in [1.54, 1.807) is 0 Å². The number of hydrogen-bond donors (Lipinski definition) is 0. The largest absolute Gasteiger partial charge is 0.461 e. The Balaban J connectivity index is 0.999. The molecule has 5 heterocycles. The van der Waals surface area contributed by atoms with Crippen molar-refractivity contribution in [2.75, 3.05) is 0 Å². The summed E-state index contributed by atoms with van der Waals surface area (Å²) in [4.78, 5) is 16.1. The molecular weight excluding hydrogens is 1020 g/mol. The highest BCUT2D eigenvalue weighted by molar-refractivity contribution is 6.32. The predicted molar refractivity (Wildman–Crippen MR) is 349 cm³/mol. The first-order valence-corrected chi connectivity index (χ1v) is 29.6. The number of para-hydroxylation sites is 4. The molecule has 13 aromatic rings. The van der Waals surface area contributed by atoms with Gasteiger partial charge in [-0.2, -0.15) is 0 Å². The van der Waals surface area contributed by atoms with Crippen molar-refractivity contribution in [2.45, 2.75) is 51.9 Å². The molecule has 1 aliphatic heterocycles. The van der Waals surface area contributed by atoms with E-state index in [9.17, 15) is 0 Å². The van der Waals surface area contributed by atoms with Gasteiger partial charge in [-0.15, -0.1) is 0 Å². The van der Waals surface area contributed by atoms with Gasteiger partial charge in [0.25, 0.3) is 0 Å². The van der Waals surface area contributed by atoms with Gasteiger partial charge in [0.1, 0.15) is 11.5 Å². The van der Waals surface area contributed by atoms with Gasteiger partial charge >= 0.3 is 0 Å². The molecule has 7 nitrogen and oxygen atoms in total. The highest BCUT2D eigenvalue weighted by Gasteiger charge is 2.33. The average Bonchev–Trinajstić information content (AvgIpc) is 1.61. The normalized spacial score (nSPS) is 15.1. The SMILES string of the molecule is CC/C=C\C(=C/CC)c1cc(-c2nc(C3=CCC4C(=C3)Oc3ccccc34)nc(-c3ccccc3)n2)cc(-c2ccccc2)c1-n1c2ccccc2c2c1ccc1c3ccc4c(c5ccccc5n4C4=CCCC=C4)c3n(-c3ccccc3)c12. The molecule has 0 amide bonds. The van der Waals surface area contributed by atoms with E-state index in [4.69, 9.17) is 19.7 Å². The minimum absolute atomic E-state index is 0.160. The Kier molecular flexibility index (Phi) is 11.9. The molecule has 0 saturated carbocycles. The van der Waals surface area contributed by atoms with Crippen molar-refractivity contribution in [3.8, 4) is 51.0 Å². The van der Waals surface area contributed by atoms with Gasteiger partial charge in [0.15, 0.2) is 17.5 Å². The summed E-state index contributed by atoms with van der Waals surface area (Å²) in [5.41, 5.74) is 18.7. The van der Waals surface area contributed by atoms with Crippen LogP contribution in [0.25, 0.3) is 128 Å². The van der Waals surface area contributed by atoms with Crippen LogP contribution in [-0.2, 0) is 0 Å². The maximum atomic E-state index is 6.51. The van der Waals surface area contributed by atoms with Gasteiger partial charge in [-0.05, 0) is 110 Å². The van der Waals surface area contributed by atoms with E-state index in [-0.39, 0.29) is 5.92 Å². The van der Waals surface area contributed by atoms with Gasteiger partial charge in [-0.3, -0.25) is 0 Å². The third-order valence-corrected chi connectivity index (χ3v) is 17.2. The zero-order valence-corrected chi connectivity index (χ0v) is 46.9. The standard InChI is InChI=1S/C77H58N6O/c1-3-5-25-49(24-4-2)62-46-53(77-79-75(51-28-12-7-13-29-51)78-76(80-77)52-40-41-57-56-34-20-23-39-68(56)84-69(57)48-52)47-63(50-26-10-6-11-27-50)72(62)83-65-38-22-19-36-61(65)71-67(83)45-43-59-58-42-44-66-70(73(58)82(74(59)71)55-32-16-9-17-33-55)60-35-18-21-37-64(60)81(66)54-30-14-8-15-31-54/h5-7,9-14,16-40,42-48,57H,3-4,8,15,41H2,1-2H3/b25-5-,49-24+. The van der Waals surface area contributed by atoms with Crippen molar-refractivity contribution in [1.82, 2.24) is 28.7 Å². The highest BCUT2D eigenvalue weighted by Crippen LogP contribution is 2.50. The number of allylic oxidation sites excluding steroid dienone is 12. The minimum Gasteiger partial charge on any atom is -0.461 e. The van der Waals surface area contributed by atoms with Crippen LogP contribution in [0.4, 0.5) is 0 Å². The van der Waals surface area contributed by atoms with Crippen LogP contribution in [0.2, 0.25) is 0 Å². The summed E-state index contributed by atoms with van der Waals surface area (Å²) in [6.07, 6.45) is 22.9. The van der Waals surface area contributed by atoms with Crippen LogP contribution in [0.15, 0.2) is 255 Å². The molecule has 0 N–H and O–H groups in total. The van der Waals surface area contributed by atoms with Crippen molar-refractivity contribution in [1.29, 1.82) is 0 Å². The molecule has 7 heteroatoms. The number of aromatic nitrogens is 6. The van der Waals surface area contributed by atoms with Gasteiger partial charge in [0.2, 0.25) is 0 Å². The Hall–Kier alpha value is -10.4. The Morgan fingerprint density at radius 1 is 0.536 bits per heavy atom. The van der Waals surface area contributed by atoms with Crippen LogP contribution < -0.4 is 4.74 Å². The van der Waals surface area contributed by atoms with Gasteiger partial charge in [-0.1, -0.05) is 196 Å². The second-order valence-electron chi connectivity index (χ2n) is 22.2. The molecule has 2 aliphatic carbocycles. The summed E-state index contributed by atoms with van der Waals surface area (Å²) in [5.74, 6) is 3.81. The molecule has 0 fully saturated rings. The number of nitrogens with zero attached hydrogens (tertiary/aromatic N) is 6. The molecule has 16 rings (SSSR count). The van der Waals surface area contributed by atoms with E-state index in [1.807, 2.05) is 24.3 Å². The van der Waals surface area contributed by atoms with Crippen LogP contribution in [0, 0.1) is 0 Å². The van der Waals surface area contributed by atoms with Crippen molar-refractivity contribution in [3.05, 3.63) is 272 Å². The molecule has 0 bridgehead atoms. The fraction of sp³-hybridized carbons (Fsp3) is 0.104. The first-order valence-electron chi connectivity index (χ1n) is 29.6. The summed E-state index contributed by atoms with van der Waals surface area (Å²) >= 11 is 0. The lowest BCUT2D eigenvalue weighted by atomic mass is 9.89. The van der Waals surface area contributed by atoms with Crippen LogP contribution in [0.1, 0.15) is 68.8 Å². The molecule has 1 unspecified atom stereocenters. The summed E-state index contributed by atoms with van der Waals surface area (Å²) in [7, 11) is 0. The second-order valence-corrected chi connectivity index (χ2v) is 22.2. The molecular formula is C77H58N6O. The number of ether oxygens (including phenoxy) is 1. The van der Waals surface area contributed by atoms with Gasteiger partial charge in [-0.25, -0.2) is 15.0 Å². The van der Waals surface area contributed by atoms with E-state index >= 15 is 0 Å². The average molecular weight is 1080 g/mol. The van der Waals surface area contributed by atoms with Crippen molar-refractivity contribution in [3.63, 3.8) is 0 Å². The van der Waals surface area contributed by atoms with Gasteiger partial charge < -0.3 is 18.4 Å². The third kappa shape index (κ3) is 7.90. The Labute approximate surface area is 487 Å². The molecule has 4 aromatic heterocycles. The fourth-order valence-electron chi connectivity index (χ4n) is 13.6. The maximum Gasteiger partial charge on any atom is 0.164 e. The fourth-order valence-corrected chi connectivity index (χ4v) is 13.6. The lowest BCUT2D eigenvalue weighted by Gasteiger charge is -2.22. The lowest BCUT2D eigenvalue weighted by molar-refractivity contribution is 0.426.